The number of carboxylic acid groups (broad SMARTS) is 1. The van der Waals surface area contributed by atoms with Crippen molar-refractivity contribution in [2.75, 3.05) is 0 Å². The van der Waals surface area contributed by atoms with Gasteiger partial charge in [-0.25, -0.2) is 9.78 Å². The maximum atomic E-state index is 13.2. The highest BCUT2D eigenvalue weighted by Gasteiger charge is 2.21. The molecule has 0 amide bonds. The van der Waals surface area contributed by atoms with E-state index in [1.807, 2.05) is 18.4 Å². The van der Waals surface area contributed by atoms with Crippen LogP contribution in [0.2, 0.25) is 0 Å². The van der Waals surface area contributed by atoms with Gasteiger partial charge in [0.05, 0.1) is 0 Å². The highest BCUT2D eigenvalue weighted by molar-refractivity contribution is 5.95. The standard InChI is InChI=1S/C22H28N6O4/c1-13(2)12-28-19(15-9-7-14(8-10-15)18(23)24)25-17-20(28)26(3)22(32)27(21(17)31)11-5-4-6-16(29)30/h7-10,13H,4-6,11-12H2,1-3H3,(H3,23,24)(H,29,30). The molecule has 10 nitrogen and oxygen atoms in total. The third kappa shape index (κ3) is 4.48. The Bertz CT molecular complexity index is 1280. The van der Waals surface area contributed by atoms with Crippen molar-refractivity contribution in [3.05, 3.63) is 50.7 Å². The first-order valence-electron chi connectivity index (χ1n) is 10.5. The van der Waals surface area contributed by atoms with E-state index in [9.17, 15) is 14.4 Å². The van der Waals surface area contributed by atoms with Gasteiger partial charge in [-0.2, -0.15) is 0 Å². The van der Waals surface area contributed by atoms with Crippen LogP contribution in [0.1, 0.15) is 38.7 Å². The summed E-state index contributed by atoms with van der Waals surface area (Å²) in [5.74, 6) is -0.162. The van der Waals surface area contributed by atoms with Crippen molar-refractivity contribution in [2.45, 2.75) is 46.2 Å². The van der Waals surface area contributed by atoms with Gasteiger partial charge in [0.2, 0.25) is 0 Å². The number of carbonyl (C=O) groups is 1. The van der Waals surface area contributed by atoms with E-state index >= 15 is 0 Å². The maximum absolute atomic E-state index is 13.2. The van der Waals surface area contributed by atoms with Gasteiger partial charge in [-0.1, -0.05) is 38.1 Å². The molecule has 3 aromatic rings. The van der Waals surface area contributed by atoms with Crippen LogP contribution >= 0.6 is 0 Å². The van der Waals surface area contributed by atoms with Crippen molar-refractivity contribution >= 4 is 23.0 Å². The average Bonchev–Trinajstić information content (AvgIpc) is 3.10. The van der Waals surface area contributed by atoms with Crippen LogP contribution in [0.5, 0.6) is 0 Å². The Kier molecular flexibility index (Phi) is 6.61. The Hall–Kier alpha value is -3.69. The molecule has 0 spiro atoms. The molecule has 1 aromatic carbocycles. The number of nitrogens with one attached hydrogen (secondary N) is 1. The molecule has 0 fully saturated rings. The lowest BCUT2D eigenvalue weighted by atomic mass is 10.1. The van der Waals surface area contributed by atoms with E-state index in [1.165, 1.54) is 4.57 Å². The van der Waals surface area contributed by atoms with Crippen LogP contribution in [0.4, 0.5) is 0 Å². The summed E-state index contributed by atoms with van der Waals surface area (Å²) in [6.45, 7) is 4.76. The summed E-state index contributed by atoms with van der Waals surface area (Å²) in [6.07, 6.45) is 0.762. The second-order valence-electron chi connectivity index (χ2n) is 8.25. The smallest absolute Gasteiger partial charge is 0.332 e. The average molecular weight is 441 g/mol. The van der Waals surface area contributed by atoms with Gasteiger partial charge in [0, 0.05) is 37.7 Å². The van der Waals surface area contributed by atoms with E-state index in [0.717, 1.165) is 10.1 Å². The van der Waals surface area contributed by atoms with Crippen LogP contribution < -0.4 is 17.0 Å². The molecule has 0 aliphatic carbocycles. The van der Waals surface area contributed by atoms with Crippen LogP contribution in [0, 0.1) is 11.3 Å². The summed E-state index contributed by atoms with van der Waals surface area (Å²) in [7, 11) is 1.61. The van der Waals surface area contributed by atoms with Gasteiger partial charge in [-0.05, 0) is 18.8 Å². The Morgan fingerprint density at radius 3 is 2.38 bits per heavy atom. The topological polar surface area (TPSA) is 149 Å². The lowest BCUT2D eigenvalue weighted by molar-refractivity contribution is -0.137. The third-order valence-electron chi connectivity index (χ3n) is 5.25. The second kappa shape index (κ2) is 9.21. The van der Waals surface area contributed by atoms with Gasteiger partial charge in [-0.3, -0.25) is 24.1 Å². The molecule has 0 radical (unpaired) electrons. The number of fused-ring (bicyclic) bond motifs is 1. The number of nitrogens with zero attached hydrogens (tertiary/aromatic N) is 4. The zero-order valence-electron chi connectivity index (χ0n) is 18.5. The lowest BCUT2D eigenvalue weighted by Gasteiger charge is -2.14. The Morgan fingerprint density at radius 2 is 1.81 bits per heavy atom. The van der Waals surface area contributed by atoms with Crippen molar-refractivity contribution < 1.29 is 9.90 Å². The van der Waals surface area contributed by atoms with Gasteiger partial charge in [0.25, 0.3) is 5.56 Å². The summed E-state index contributed by atoms with van der Waals surface area (Å²) in [5.41, 5.74) is 6.57. The van der Waals surface area contributed by atoms with E-state index in [4.69, 9.17) is 16.2 Å². The van der Waals surface area contributed by atoms with Crippen LogP contribution in [0.25, 0.3) is 22.6 Å². The van der Waals surface area contributed by atoms with E-state index in [1.54, 1.807) is 31.3 Å². The first-order chi connectivity index (χ1) is 15.1. The van der Waals surface area contributed by atoms with Crippen molar-refractivity contribution in [3.63, 3.8) is 0 Å². The molecule has 0 aliphatic rings. The minimum Gasteiger partial charge on any atom is -0.481 e. The molecule has 3 rings (SSSR count). The van der Waals surface area contributed by atoms with Gasteiger partial charge < -0.3 is 15.4 Å². The number of hydrogen-bond acceptors (Lipinski definition) is 5. The van der Waals surface area contributed by atoms with E-state index in [0.29, 0.717) is 36.4 Å². The van der Waals surface area contributed by atoms with Crippen LogP contribution in [0.15, 0.2) is 33.9 Å². The monoisotopic (exact) mass is 440 g/mol. The minimum atomic E-state index is -0.909. The zero-order chi connectivity index (χ0) is 23.6. The summed E-state index contributed by atoms with van der Waals surface area (Å²) in [5, 5.41) is 16.4. The molecule has 0 atom stereocenters. The predicted molar refractivity (Wildman–Crippen MR) is 122 cm³/mol. The van der Waals surface area contributed by atoms with Gasteiger partial charge >= 0.3 is 11.7 Å². The summed E-state index contributed by atoms with van der Waals surface area (Å²) < 4.78 is 4.43. The Balaban J connectivity index is 2.16. The Morgan fingerprint density at radius 1 is 1.16 bits per heavy atom. The molecular weight excluding hydrogens is 412 g/mol. The van der Waals surface area contributed by atoms with E-state index < -0.39 is 17.2 Å². The van der Waals surface area contributed by atoms with Crippen molar-refractivity contribution in [1.82, 2.24) is 18.7 Å². The largest absolute Gasteiger partial charge is 0.481 e. The fraction of sp³-hybridized carbons (Fsp3) is 0.409. The molecule has 0 bridgehead atoms. The minimum absolute atomic E-state index is 0.0132. The number of nitrogens with two attached hydrogens (primary N) is 1. The summed E-state index contributed by atoms with van der Waals surface area (Å²) in [4.78, 5) is 41.5. The first-order valence-corrected chi connectivity index (χ1v) is 10.5. The number of amidine groups is 1. The van der Waals surface area contributed by atoms with Crippen molar-refractivity contribution in [1.29, 1.82) is 5.41 Å². The van der Waals surface area contributed by atoms with Gasteiger partial charge in [0.15, 0.2) is 5.52 Å². The number of imidazole rings is 1. The molecule has 0 aliphatic heterocycles. The number of hydrogen-bond donors (Lipinski definition) is 3. The second-order valence-corrected chi connectivity index (χ2v) is 8.25. The number of aromatic nitrogens is 4. The molecule has 0 saturated carbocycles. The van der Waals surface area contributed by atoms with Crippen molar-refractivity contribution in [2.24, 2.45) is 18.7 Å². The molecule has 0 saturated heterocycles. The van der Waals surface area contributed by atoms with E-state index in [2.05, 4.69) is 4.98 Å². The van der Waals surface area contributed by atoms with Crippen LogP contribution in [0.3, 0.4) is 0 Å². The number of aliphatic carboxylic acids is 1. The number of benzene rings is 1. The molecular formula is C22H28N6O4. The zero-order valence-corrected chi connectivity index (χ0v) is 18.5. The highest BCUT2D eigenvalue weighted by Crippen LogP contribution is 2.24. The molecule has 10 heteroatoms. The number of carboxylic acids is 1. The van der Waals surface area contributed by atoms with Crippen molar-refractivity contribution in [3.8, 4) is 11.4 Å². The number of unbranched alkanes of at least 4 members (excludes halogenated alkanes) is 1. The van der Waals surface area contributed by atoms with Crippen LogP contribution in [-0.2, 0) is 24.9 Å². The quantitative estimate of drug-likeness (QED) is 0.262. The van der Waals surface area contributed by atoms with E-state index in [-0.39, 0.29) is 30.2 Å². The van der Waals surface area contributed by atoms with Crippen LogP contribution in [-0.4, -0.2) is 35.6 Å². The number of rotatable bonds is 9. The molecule has 32 heavy (non-hydrogen) atoms. The number of nitrogen functional groups attached to an aromatic ring is 1. The first kappa shape index (κ1) is 23.0. The fourth-order valence-electron chi connectivity index (χ4n) is 3.71. The predicted octanol–water partition coefficient (Wildman–Crippen LogP) is 1.76. The molecule has 0 unspecified atom stereocenters. The highest BCUT2D eigenvalue weighted by atomic mass is 16.4. The fourth-order valence-corrected chi connectivity index (χ4v) is 3.71. The van der Waals surface area contributed by atoms with Gasteiger partial charge in [-0.15, -0.1) is 0 Å². The van der Waals surface area contributed by atoms with Gasteiger partial charge in [0.1, 0.15) is 17.3 Å². The third-order valence-corrected chi connectivity index (χ3v) is 5.25. The Labute approximate surface area is 184 Å². The normalized spacial score (nSPS) is 11.4. The molecule has 2 heterocycles. The molecule has 2 aromatic heterocycles. The maximum Gasteiger partial charge on any atom is 0.332 e. The molecule has 4 N–H and O–H groups in total. The lowest BCUT2D eigenvalue weighted by Crippen LogP contribution is -2.39. The number of aryl methyl sites for hydroxylation is 1. The summed E-state index contributed by atoms with van der Waals surface area (Å²) >= 11 is 0. The summed E-state index contributed by atoms with van der Waals surface area (Å²) in [6, 6.07) is 7.02. The molecule has 170 valence electrons. The SMILES string of the molecule is CC(C)Cn1c(-c2ccc(C(=N)N)cc2)nc2c(=O)n(CCCCC(=O)O)c(=O)n(C)c21.